The van der Waals surface area contributed by atoms with E-state index in [1.54, 1.807) is 10.7 Å². The molecule has 0 atom stereocenters. The number of H-pyrrole nitrogens is 1. The van der Waals surface area contributed by atoms with Crippen molar-refractivity contribution in [2.75, 3.05) is 0 Å². The predicted molar refractivity (Wildman–Crippen MR) is 95.4 cm³/mol. The summed E-state index contributed by atoms with van der Waals surface area (Å²) in [6, 6.07) is 22.5. The largest absolute Gasteiger partial charge is 1.00 e. The number of nitro benzene ring substituents is 1. The number of benzene rings is 3. The molecule has 0 spiro atoms. The molecule has 0 saturated heterocycles. The van der Waals surface area contributed by atoms with Gasteiger partial charge in [0.15, 0.2) is 5.21 Å². The fourth-order valence-electron chi connectivity index (χ4n) is 2.95. The minimum absolute atomic E-state index is 0. The van der Waals surface area contributed by atoms with E-state index >= 15 is 0 Å². The first kappa shape index (κ1) is 18.2. The van der Waals surface area contributed by atoms with Crippen LogP contribution in [0.3, 0.4) is 0 Å². The summed E-state index contributed by atoms with van der Waals surface area (Å²) in [4.78, 5) is 11.1. The van der Waals surface area contributed by atoms with Crippen LogP contribution >= 0.6 is 0 Å². The zero-order chi connectivity index (χ0) is 17.9. The van der Waals surface area contributed by atoms with Gasteiger partial charge in [-0.05, 0) is 16.7 Å². The second kappa shape index (κ2) is 7.76. The van der Waals surface area contributed by atoms with Gasteiger partial charge in [0.25, 0.3) is 12.0 Å². The fraction of sp³-hybridized carbons (Fsp3) is 0. The lowest BCUT2D eigenvalue weighted by Gasteiger charge is -2.13. The highest BCUT2D eigenvalue weighted by atomic mass is 35.5. The first-order valence-electron chi connectivity index (χ1n) is 7.95. The van der Waals surface area contributed by atoms with E-state index in [0.29, 0.717) is 5.69 Å². The van der Waals surface area contributed by atoms with E-state index in [2.05, 4.69) is 15.5 Å². The van der Waals surface area contributed by atoms with Crippen molar-refractivity contribution < 1.29 is 22.0 Å². The second-order valence-corrected chi connectivity index (χ2v) is 5.68. The summed E-state index contributed by atoms with van der Waals surface area (Å²) in [6.45, 7) is 0. The number of nitro groups is 1. The van der Waals surface area contributed by atoms with Crippen molar-refractivity contribution in [3.05, 3.63) is 89.2 Å². The Morgan fingerprint density at radius 1 is 0.926 bits per heavy atom. The SMILES string of the molecule is O=[N+]([O-])c1cc(-c2ccccc2)c(-c2ccccc2)c(-[n+]2cnn[nH]2)c1.[Cl-]. The zero-order valence-electron chi connectivity index (χ0n) is 14.0. The Kier molecular flexibility index (Phi) is 5.23. The van der Waals surface area contributed by atoms with Gasteiger partial charge < -0.3 is 12.4 Å². The maximum Gasteiger partial charge on any atom is 0.293 e. The van der Waals surface area contributed by atoms with Crippen LogP contribution in [0.4, 0.5) is 5.69 Å². The van der Waals surface area contributed by atoms with Gasteiger partial charge in [-0.1, -0.05) is 65.9 Å². The van der Waals surface area contributed by atoms with E-state index in [9.17, 15) is 10.1 Å². The summed E-state index contributed by atoms with van der Waals surface area (Å²) < 4.78 is 1.57. The van der Waals surface area contributed by atoms with Gasteiger partial charge in [0.1, 0.15) is 10.8 Å². The number of halogens is 1. The molecule has 7 nitrogen and oxygen atoms in total. The van der Waals surface area contributed by atoms with E-state index in [-0.39, 0.29) is 18.1 Å². The van der Waals surface area contributed by atoms with Gasteiger partial charge in [-0.15, -0.1) is 4.68 Å². The first-order valence-corrected chi connectivity index (χ1v) is 7.95. The molecule has 27 heavy (non-hydrogen) atoms. The quantitative estimate of drug-likeness (QED) is 0.314. The number of nitrogens with one attached hydrogen (secondary N) is 1. The lowest BCUT2D eigenvalue weighted by Crippen LogP contribution is -3.00. The second-order valence-electron chi connectivity index (χ2n) is 5.68. The topological polar surface area (TPSA) is 88.6 Å². The van der Waals surface area contributed by atoms with Gasteiger partial charge in [-0.3, -0.25) is 10.1 Å². The normalized spacial score (nSPS) is 10.2. The van der Waals surface area contributed by atoms with Crippen LogP contribution in [0, 0.1) is 10.1 Å². The molecule has 1 N–H and O–H groups in total. The number of non-ortho nitro benzene ring substituents is 1. The van der Waals surface area contributed by atoms with Crippen molar-refractivity contribution in [2.45, 2.75) is 0 Å². The number of hydrogen-bond acceptors (Lipinski definition) is 4. The standard InChI is InChI=1S/C19H13N5O2.ClH/c25-24(26)16-11-17(14-7-3-1-4-8-14)19(15-9-5-2-6-10-15)18(12-16)23-13-20-21-22-23;/h1-13H;1H. The average molecular weight is 380 g/mol. The van der Waals surface area contributed by atoms with Gasteiger partial charge in [-0.25, -0.2) is 0 Å². The van der Waals surface area contributed by atoms with Gasteiger partial charge in [0, 0.05) is 11.6 Å². The Balaban J connectivity index is 0.00000210. The summed E-state index contributed by atoms with van der Waals surface area (Å²) in [7, 11) is 0. The minimum atomic E-state index is -0.394. The molecule has 0 bridgehead atoms. The number of tetrazole rings is 1. The van der Waals surface area contributed by atoms with E-state index in [4.69, 9.17) is 0 Å². The minimum Gasteiger partial charge on any atom is -1.00 e. The number of rotatable bonds is 4. The summed E-state index contributed by atoms with van der Waals surface area (Å²) >= 11 is 0. The van der Waals surface area contributed by atoms with E-state index in [1.165, 1.54) is 12.4 Å². The number of aromatic amines is 1. The molecule has 0 aliphatic rings. The van der Waals surface area contributed by atoms with E-state index < -0.39 is 4.92 Å². The van der Waals surface area contributed by atoms with E-state index in [0.717, 1.165) is 22.3 Å². The van der Waals surface area contributed by atoms with Gasteiger partial charge >= 0.3 is 0 Å². The molecular weight excluding hydrogens is 366 g/mol. The zero-order valence-corrected chi connectivity index (χ0v) is 14.7. The Bertz CT molecular complexity index is 1050. The third-order valence-electron chi connectivity index (χ3n) is 4.10. The van der Waals surface area contributed by atoms with Crippen molar-refractivity contribution in [3.8, 4) is 27.9 Å². The Hall–Kier alpha value is -3.58. The highest BCUT2D eigenvalue weighted by Gasteiger charge is 2.23. The smallest absolute Gasteiger partial charge is 0.293 e. The molecule has 0 unspecified atom stereocenters. The Morgan fingerprint density at radius 3 is 2.11 bits per heavy atom. The van der Waals surface area contributed by atoms with Crippen molar-refractivity contribution in [2.24, 2.45) is 0 Å². The molecule has 0 amide bonds. The van der Waals surface area contributed by atoms with Crippen LogP contribution in [0.1, 0.15) is 0 Å². The van der Waals surface area contributed by atoms with Gasteiger partial charge in [-0.2, -0.15) is 0 Å². The van der Waals surface area contributed by atoms with Crippen molar-refractivity contribution in [1.29, 1.82) is 0 Å². The summed E-state index contributed by atoms with van der Waals surface area (Å²) in [5.74, 6) is 0. The first-order chi connectivity index (χ1) is 12.7. The predicted octanol–water partition coefficient (Wildman–Crippen LogP) is 0.328. The van der Waals surface area contributed by atoms with Gasteiger partial charge in [0.05, 0.1) is 11.0 Å². The highest BCUT2D eigenvalue weighted by Crippen LogP contribution is 2.38. The van der Waals surface area contributed by atoms with Crippen LogP contribution in [-0.2, 0) is 0 Å². The van der Waals surface area contributed by atoms with Crippen LogP contribution in [-0.4, -0.2) is 20.4 Å². The van der Waals surface area contributed by atoms with Crippen LogP contribution in [0.2, 0.25) is 0 Å². The van der Waals surface area contributed by atoms with Crippen molar-refractivity contribution >= 4 is 5.69 Å². The molecule has 0 saturated carbocycles. The van der Waals surface area contributed by atoms with Crippen LogP contribution in [0.25, 0.3) is 27.9 Å². The monoisotopic (exact) mass is 379 g/mol. The molecule has 3 aromatic carbocycles. The summed E-state index contributed by atoms with van der Waals surface area (Å²) in [6.07, 6.45) is 1.49. The molecule has 0 aliphatic heterocycles. The summed E-state index contributed by atoms with van der Waals surface area (Å²) in [5.41, 5.74) is 4.07. The third-order valence-corrected chi connectivity index (χ3v) is 4.10. The third kappa shape index (κ3) is 3.54. The van der Waals surface area contributed by atoms with Crippen LogP contribution in [0.5, 0.6) is 0 Å². The summed E-state index contributed by atoms with van der Waals surface area (Å²) in [5, 5.41) is 21.8. The van der Waals surface area contributed by atoms with Crippen LogP contribution < -0.4 is 17.1 Å². The number of aromatic nitrogens is 4. The fourth-order valence-corrected chi connectivity index (χ4v) is 2.95. The number of hydrogen-bond donors (Lipinski definition) is 1. The van der Waals surface area contributed by atoms with Crippen LogP contribution in [0.15, 0.2) is 79.1 Å². The molecule has 1 heterocycles. The lowest BCUT2D eigenvalue weighted by atomic mass is 9.92. The Labute approximate surface area is 160 Å². The number of nitrogens with zero attached hydrogens (tertiary/aromatic N) is 4. The maximum atomic E-state index is 11.5. The molecular formula is C19H14ClN5O2. The average Bonchev–Trinajstić information content (AvgIpc) is 3.23. The molecule has 1 aromatic heterocycles. The molecule has 4 rings (SSSR count). The molecule has 0 aliphatic carbocycles. The Morgan fingerprint density at radius 2 is 1.56 bits per heavy atom. The molecule has 8 heteroatoms. The molecule has 0 fully saturated rings. The molecule has 4 aromatic rings. The van der Waals surface area contributed by atoms with Crippen molar-refractivity contribution in [3.63, 3.8) is 0 Å². The maximum absolute atomic E-state index is 11.5. The van der Waals surface area contributed by atoms with E-state index in [1.807, 2.05) is 60.7 Å². The molecule has 0 radical (unpaired) electrons. The highest BCUT2D eigenvalue weighted by molar-refractivity contribution is 5.89. The lowest BCUT2D eigenvalue weighted by molar-refractivity contribution is -0.660. The van der Waals surface area contributed by atoms with Crippen molar-refractivity contribution in [1.82, 2.24) is 15.5 Å². The van der Waals surface area contributed by atoms with Gasteiger partial charge in [0.2, 0.25) is 0 Å². The molecule has 134 valence electrons.